The Morgan fingerprint density at radius 1 is 1.19 bits per heavy atom. The molecule has 0 aliphatic rings. The van der Waals surface area contributed by atoms with E-state index in [0.29, 0.717) is 16.1 Å². The normalized spacial score (nSPS) is 10.8. The van der Waals surface area contributed by atoms with Crippen molar-refractivity contribution in [3.8, 4) is 11.5 Å². The van der Waals surface area contributed by atoms with E-state index in [1.807, 2.05) is 19.2 Å². The van der Waals surface area contributed by atoms with E-state index in [0.717, 1.165) is 10.9 Å². The molecule has 106 valence electrons. The van der Waals surface area contributed by atoms with Gasteiger partial charge in [0.2, 0.25) is 0 Å². The van der Waals surface area contributed by atoms with Crippen LogP contribution in [-0.2, 0) is 7.05 Å². The van der Waals surface area contributed by atoms with Crippen molar-refractivity contribution >= 4 is 28.8 Å². The predicted octanol–water partition coefficient (Wildman–Crippen LogP) is 3.82. The van der Waals surface area contributed by atoms with Crippen molar-refractivity contribution in [2.24, 2.45) is 7.05 Å². The minimum absolute atomic E-state index is 0.0466. The van der Waals surface area contributed by atoms with E-state index < -0.39 is 5.82 Å². The summed E-state index contributed by atoms with van der Waals surface area (Å²) in [5, 5.41) is 0.822. The standard InChI is InChI=1S/C15H12FN3OS/c1-19-8-18-14-5-3-9(6-11(14)15(19)21)20-10-2-4-12(16)13(17)7-10/h2-8H,17H2,1H3. The van der Waals surface area contributed by atoms with E-state index in [9.17, 15) is 4.39 Å². The second-order valence-electron chi connectivity index (χ2n) is 4.62. The van der Waals surface area contributed by atoms with Gasteiger partial charge in [-0.1, -0.05) is 12.2 Å². The summed E-state index contributed by atoms with van der Waals surface area (Å²) in [6.07, 6.45) is 1.67. The first-order valence-corrected chi connectivity index (χ1v) is 6.64. The van der Waals surface area contributed by atoms with Gasteiger partial charge in [-0.05, 0) is 30.3 Å². The van der Waals surface area contributed by atoms with Crippen LogP contribution in [0.15, 0.2) is 42.7 Å². The van der Waals surface area contributed by atoms with Crippen LogP contribution in [-0.4, -0.2) is 9.55 Å². The molecule has 6 heteroatoms. The van der Waals surface area contributed by atoms with Crippen molar-refractivity contribution in [1.29, 1.82) is 0 Å². The topological polar surface area (TPSA) is 53.1 Å². The summed E-state index contributed by atoms with van der Waals surface area (Å²) >= 11 is 5.35. The first-order chi connectivity index (χ1) is 10.0. The molecular weight excluding hydrogens is 289 g/mol. The second-order valence-corrected chi connectivity index (χ2v) is 5.01. The Morgan fingerprint density at radius 2 is 1.90 bits per heavy atom. The molecule has 3 rings (SSSR count). The maximum Gasteiger partial charge on any atom is 0.146 e. The predicted molar refractivity (Wildman–Crippen MR) is 82.4 cm³/mol. The van der Waals surface area contributed by atoms with Gasteiger partial charge in [-0.15, -0.1) is 0 Å². The average Bonchev–Trinajstić information content (AvgIpc) is 2.47. The van der Waals surface area contributed by atoms with Gasteiger partial charge in [-0.25, -0.2) is 9.37 Å². The highest BCUT2D eigenvalue weighted by Gasteiger charge is 2.05. The molecule has 0 spiro atoms. The molecule has 0 aliphatic carbocycles. The third kappa shape index (κ3) is 2.57. The molecule has 1 aromatic heterocycles. The summed E-state index contributed by atoms with van der Waals surface area (Å²) in [6, 6.07) is 9.65. The number of benzene rings is 2. The molecular formula is C15H12FN3OS. The molecule has 0 aliphatic heterocycles. The number of ether oxygens (including phenoxy) is 1. The lowest BCUT2D eigenvalue weighted by Crippen LogP contribution is -1.95. The minimum atomic E-state index is -0.468. The fourth-order valence-corrected chi connectivity index (χ4v) is 2.19. The summed E-state index contributed by atoms with van der Waals surface area (Å²) in [5.74, 6) is 0.588. The number of aromatic nitrogens is 2. The van der Waals surface area contributed by atoms with Crippen molar-refractivity contribution in [1.82, 2.24) is 9.55 Å². The van der Waals surface area contributed by atoms with Crippen molar-refractivity contribution in [3.05, 3.63) is 53.2 Å². The van der Waals surface area contributed by atoms with Crippen LogP contribution in [0.3, 0.4) is 0 Å². The van der Waals surface area contributed by atoms with Gasteiger partial charge in [0.25, 0.3) is 0 Å². The van der Waals surface area contributed by atoms with Gasteiger partial charge < -0.3 is 15.0 Å². The molecule has 2 aromatic carbocycles. The molecule has 0 fully saturated rings. The van der Waals surface area contributed by atoms with E-state index in [1.54, 1.807) is 17.0 Å². The second kappa shape index (κ2) is 5.14. The lowest BCUT2D eigenvalue weighted by atomic mass is 10.2. The summed E-state index contributed by atoms with van der Waals surface area (Å²) in [4.78, 5) is 4.29. The SMILES string of the molecule is Cn1cnc2ccc(Oc3ccc(F)c(N)c3)cc2c1=S. The van der Waals surface area contributed by atoms with E-state index in [4.69, 9.17) is 22.7 Å². The smallest absolute Gasteiger partial charge is 0.146 e. The average molecular weight is 301 g/mol. The van der Waals surface area contributed by atoms with E-state index in [1.165, 1.54) is 18.2 Å². The molecule has 0 unspecified atom stereocenters. The van der Waals surface area contributed by atoms with E-state index >= 15 is 0 Å². The van der Waals surface area contributed by atoms with Gasteiger partial charge in [0.1, 0.15) is 22.0 Å². The fraction of sp³-hybridized carbons (Fsp3) is 0.0667. The maximum atomic E-state index is 13.1. The zero-order chi connectivity index (χ0) is 15.0. The molecule has 3 aromatic rings. The molecule has 0 bridgehead atoms. The first-order valence-electron chi connectivity index (χ1n) is 6.23. The number of aryl methyl sites for hydroxylation is 1. The molecule has 21 heavy (non-hydrogen) atoms. The summed E-state index contributed by atoms with van der Waals surface area (Å²) in [6.45, 7) is 0. The maximum absolute atomic E-state index is 13.1. The van der Waals surface area contributed by atoms with Gasteiger partial charge >= 0.3 is 0 Å². The Bertz CT molecular complexity index is 892. The first kappa shape index (κ1) is 13.5. The Kier molecular flexibility index (Phi) is 3.31. The number of hydrogen-bond donors (Lipinski definition) is 1. The van der Waals surface area contributed by atoms with Gasteiger partial charge in [-0.2, -0.15) is 0 Å². The number of halogens is 1. The van der Waals surface area contributed by atoms with Crippen molar-refractivity contribution in [2.45, 2.75) is 0 Å². The number of anilines is 1. The largest absolute Gasteiger partial charge is 0.457 e. The number of nitrogens with zero attached hydrogens (tertiary/aromatic N) is 2. The number of nitrogens with two attached hydrogens (primary N) is 1. The Labute approximate surface area is 125 Å². The summed E-state index contributed by atoms with van der Waals surface area (Å²) < 4.78 is 21.3. The van der Waals surface area contributed by atoms with Gasteiger partial charge in [0, 0.05) is 18.5 Å². The van der Waals surface area contributed by atoms with Gasteiger partial charge in [0.05, 0.1) is 17.5 Å². The molecule has 0 saturated heterocycles. The zero-order valence-corrected chi connectivity index (χ0v) is 12.0. The van der Waals surface area contributed by atoms with E-state index in [-0.39, 0.29) is 5.69 Å². The highest BCUT2D eigenvalue weighted by atomic mass is 32.1. The minimum Gasteiger partial charge on any atom is -0.457 e. The molecule has 2 N–H and O–H groups in total. The van der Waals surface area contributed by atoms with Crippen LogP contribution in [0.1, 0.15) is 0 Å². The van der Waals surface area contributed by atoms with Crippen LogP contribution in [0, 0.1) is 10.5 Å². The number of hydrogen-bond acceptors (Lipinski definition) is 4. The van der Waals surface area contributed by atoms with Gasteiger partial charge in [0.15, 0.2) is 0 Å². The molecule has 0 amide bonds. The molecule has 0 atom stereocenters. The Morgan fingerprint density at radius 3 is 2.67 bits per heavy atom. The monoisotopic (exact) mass is 301 g/mol. The summed E-state index contributed by atoms with van der Waals surface area (Å²) in [7, 11) is 1.84. The quantitative estimate of drug-likeness (QED) is 0.577. The van der Waals surface area contributed by atoms with Crippen molar-refractivity contribution in [3.63, 3.8) is 0 Å². The highest BCUT2D eigenvalue weighted by molar-refractivity contribution is 7.71. The van der Waals surface area contributed by atoms with Crippen LogP contribution in [0.4, 0.5) is 10.1 Å². The van der Waals surface area contributed by atoms with E-state index in [2.05, 4.69) is 4.98 Å². The van der Waals surface area contributed by atoms with Gasteiger partial charge in [-0.3, -0.25) is 0 Å². The number of nitrogen functional groups attached to an aromatic ring is 1. The zero-order valence-electron chi connectivity index (χ0n) is 11.2. The number of rotatable bonds is 2. The van der Waals surface area contributed by atoms with Crippen LogP contribution in [0.5, 0.6) is 11.5 Å². The molecule has 0 saturated carbocycles. The molecule has 4 nitrogen and oxygen atoms in total. The van der Waals surface area contributed by atoms with Crippen molar-refractivity contribution < 1.29 is 9.13 Å². The molecule has 0 radical (unpaired) electrons. The fourth-order valence-electron chi connectivity index (χ4n) is 1.98. The lowest BCUT2D eigenvalue weighted by molar-refractivity contribution is 0.482. The molecule has 1 heterocycles. The Balaban J connectivity index is 2.03. The van der Waals surface area contributed by atoms with Crippen LogP contribution < -0.4 is 10.5 Å². The third-order valence-electron chi connectivity index (χ3n) is 3.09. The number of fused-ring (bicyclic) bond motifs is 1. The van der Waals surface area contributed by atoms with Crippen LogP contribution in [0.25, 0.3) is 10.9 Å². The van der Waals surface area contributed by atoms with Crippen molar-refractivity contribution in [2.75, 3.05) is 5.73 Å². The van der Waals surface area contributed by atoms with Crippen LogP contribution >= 0.6 is 12.2 Å². The highest BCUT2D eigenvalue weighted by Crippen LogP contribution is 2.27. The summed E-state index contributed by atoms with van der Waals surface area (Å²) in [5.41, 5.74) is 6.37. The lowest BCUT2D eigenvalue weighted by Gasteiger charge is -2.08. The third-order valence-corrected chi connectivity index (χ3v) is 3.60. The van der Waals surface area contributed by atoms with Crippen LogP contribution in [0.2, 0.25) is 0 Å². The Hall–Kier alpha value is -2.47.